The van der Waals surface area contributed by atoms with Gasteiger partial charge in [0, 0.05) is 32.7 Å². The molecule has 0 saturated heterocycles. The van der Waals surface area contributed by atoms with Crippen molar-refractivity contribution >= 4 is 0 Å². The molecule has 1 aromatic rings. The van der Waals surface area contributed by atoms with Crippen LogP contribution in [0.3, 0.4) is 0 Å². The first-order valence-corrected chi connectivity index (χ1v) is 10.0. The van der Waals surface area contributed by atoms with E-state index >= 15 is 0 Å². The molecule has 0 spiro atoms. The van der Waals surface area contributed by atoms with Gasteiger partial charge >= 0.3 is 0 Å². The van der Waals surface area contributed by atoms with Crippen molar-refractivity contribution in [2.24, 2.45) is 29.6 Å². The monoisotopic (exact) mass is 430 g/mol. The molecule has 0 aliphatic heterocycles. The van der Waals surface area contributed by atoms with Gasteiger partial charge in [0.05, 0.1) is 0 Å². The summed E-state index contributed by atoms with van der Waals surface area (Å²) in [6.45, 7) is 4.00. The first-order valence-electron chi connectivity index (χ1n) is 10.0. The van der Waals surface area contributed by atoms with Gasteiger partial charge < -0.3 is 17.6 Å². The van der Waals surface area contributed by atoms with Crippen LogP contribution in [0.15, 0.2) is 30.5 Å². The van der Waals surface area contributed by atoms with Crippen LogP contribution in [0.1, 0.15) is 64.5 Å². The van der Waals surface area contributed by atoms with Gasteiger partial charge in [-0.15, -0.1) is 0 Å². The summed E-state index contributed by atoms with van der Waals surface area (Å²) in [5, 5.41) is 11.3. The Morgan fingerprint density at radius 2 is 1.65 bits per heavy atom. The molecule has 4 bridgehead atoms. The van der Waals surface area contributed by atoms with E-state index in [4.69, 9.17) is 0 Å². The standard InChI is InChI=1S/C12H16N3.C7H10.C2H6.CH3.Y/c1(3-12-8-13-15-14-12)2-10-6-9-4-5-11(10)7-9;1-2-7-4-3-6(1)5-7;1-2;;/h4-5,8-11H,1-3,6-7H2;1-2,6-7H,3-5H2;1-2H3;1H3;/q-1;;;-1;. The Labute approximate surface area is 185 Å². The van der Waals surface area contributed by atoms with Crippen LogP contribution in [0.5, 0.6) is 0 Å². The van der Waals surface area contributed by atoms with E-state index in [1.54, 1.807) is 6.20 Å². The quantitative estimate of drug-likeness (QED) is 0.473. The van der Waals surface area contributed by atoms with Gasteiger partial charge in [0.2, 0.25) is 0 Å². The number of aryl methyl sites for hydroxylation is 1. The van der Waals surface area contributed by atoms with Crippen molar-refractivity contribution in [2.45, 2.75) is 65.2 Å². The average molecular weight is 430 g/mol. The Morgan fingerprint density at radius 3 is 2.08 bits per heavy atom. The van der Waals surface area contributed by atoms with Crippen molar-refractivity contribution < 1.29 is 32.7 Å². The number of hydrogen-bond acceptors (Lipinski definition) is 2. The molecular weight excluding hydrogens is 395 g/mol. The fourth-order valence-electron chi connectivity index (χ4n) is 4.80. The largest absolute Gasteiger partial charge is 0.358 e. The van der Waals surface area contributed by atoms with Gasteiger partial charge in [-0.25, -0.2) is 0 Å². The minimum Gasteiger partial charge on any atom is -0.358 e. The van der Waals surface area contributed by atoms with Gasteiger partial charge in [0.1, 0.15) is 0 Å². The zero-order valence-corrected chi connectivity index (χ0v) is 19.7. The molecule has 3 nitrogen and oxygen atoms in total. The molecule has 1 radical (unpaired) electrons. The topological polar surface area (TPSA) is 39.9 Å². The minimum atomic E-state index is 0. The van der Waals surface area contributed by atoms with Crippen molar-refractivity contribution in [1.82, 2.24) is 15.4 Å². The summed E-state index contributed by atoms with van der Waals surface area (Å²) >= 11 is 0. The molecule has 143 valence electrons. The summed E-state index contributed by atoms with van der Waals surface area (Å²) in [7, 11) is 0. The number of allylic oxidation sites excluding steroid dienone is 4. The average Bonchev–Trinajstić information content (AvgIpc) is 3.44. The van der Waals surface area contributed by atoms with Crippen LogP contribution in [0.25, 0.3) is 0 Å². The number of aromatic nitrogens is 3. The Balaban J connectivity index is 0.000000261. The molecule has 0 amide bonds. The molecular formula is C22H35N3Y-2. The van der Waals surface area contributed by atoms with E-state index in [1.807, 2.05) is 13.8 Å². The number of hydrogen-bond donors (Lipinski definition) is 0. The number of nitrogens with zero attached hydrogens (tertiary/aromatic N) is 3. The van der Waals surface area contributed by atoms with Crippen molar-refractivity contribution in [2.75, 3.05) is 0 Å². The Hall–Kier alpha value is -0.276. The van der Waals surface area contributed by atoms with Crippen LogP contribution >= 0.6 is 0 Å². The second kappa shape index (κ2) is 12.2. The first kappa shape index (κ1) is 23.8. The predicted molar refractivity (Wildman–Crippen MR) is 105 cm³/mol. The molecule has 26 heavy (non-hydrogen) atoms. The van der Waals surface area contributed by atoms with E-state index in [9.17, 15) is 0 Å². The molecule has 2 fully saturated rings. The van der Waals surface area contributed by atoms with E-state index in [0.717, 1.165) is 41.7 Å². The second-order valence-corrected chi connectivity index (χ2v) is 7.58. The van der Waals surface area contributed by atoms with Crippen LogP contribution in [0, 0.1) is 37.0 Å². The molecule has 4 heteroatoms. The fourth-order valence-corrected chi connectivity index (χ4v) is 4.80. The maximum Gasteiger partial charge on any atom is 0 e. The normalized spacial score (nSPS) is 31.4. The molecule has 1 heterocycles. The molecule has 2 saturated carbocycles. The van der Waals surface area contributed by atoms with Crippen molar-refractivity contribution in [1.29, 1.82) is 0 Å². The smallest absolute Gasteiger partial charge is 0 e. The summed E-state index contributed by atoms with van der Waals surface area (Å²) in [6, 6.07) is 0. The molecule has 0 aromatic carbocycles. The van der Waals surface area contributed by atoms with Gasteiger partial charge in [-0.1, -0.05) is 50.0 Å². The summed E-state index contributed by atoms with van der Waals surface area (Å²) in [4.78, 5) is 0. The van der Waals surface area contributed by atoms with Crippen molar-refractivity contribution in [3.05, 3.63) is 43.6 Å². The molecule has 0 N–H and O–H groups in total. The maximum atomic E-state index is 3.95. The Bertz CT molecular complexity index is 526. The number of fused-ring (bicyclic) bond motifs is 4. The van der Waals surface area contributed by atoms with Gasteiger partial charge in [-0.05, 0) is 81.0 Å². The van der Waals surface area contributed by atoms with Gasteiger partial charge in [0.15, 0.2) is 0 Å². The molecule has 1 aromatic heterocycles. The summed E-state index contributed by atoms with van der Waals surface area (Å²) in [6.07, 6.45) is 22.3. The Morgan fingerprint density at radius 1 is 0.962 bits per heavy atom. The van der Waals surface area contributed by atoms with Gasteiger partial charge in [-0.2, -0.15) is 0 Å². The van der Waals surface area contributed by atoms with Crippen LogP contribution in [-0.4, -0.2) is 10.3 Å². The van der Waals surface area contributed by atoms with Gasteiger partial charge in [0.25, 0.3) is 0 Å². The Kier molecular flexibility index (Phi) is 11.2. The van der Waals surface area contributed by atoms with E-state index < -0.39 is 0 Å². The first-order chi connectivity index (χ1) is 11.9. The molecule has 5 rings (SSSR count). The molecule has 4 aliphatic rings. The summed E-state index contributed by atoms with van der Waals surface area (Å²) in [5.74, 6) is 4.71. The SMILES string of the molecule is C1=CC2CC1CC2CCCc1c[n-]nn1.C1=CC2CCC1C2.CC.[CH3-].[Y]. The third-order valence-corrected chi connectivity index (χ3v) is 6.02. The van der Waals surface area contributed by atoms with Crippen LogP contribution in [0.4, 0.5) is 0 Å². The van der Waals surface area contributed by atoms with Crippen LogP contribution < -0.4 is 5.10 Å². The predicted octanol–water partition coefficient (Wildman–Crippen LogP) is 5.42. The van der Waals surface area contributed by atoms with Crippen molar-refractivity contribution in [3.8, 4) is 0 Å². The van der Waals surface area contributed by atoms with Crippen LogP contribution in [-0.2, 0) is 39.1 Å². The third kappa shape index (κ3) is 6.41. The summed E-state index contributed by atoms with van der Waals surface area (Å²) in [5.41, 5.74) is 1.05. The van der Waals surface area contributed by atoms with E-state index in [1.165, 1.54) is 44.9 Å². The van der Waals surface area contributed by atoms with E-state index in [-0.39, 0.29) is 40.1 Å². The van der Waals surface area contributed by atoms with Gasteiger partial charge in [-0.3, -0.25) is 5.21 Å². The van der Waals surface area contributed by atoms with Crippen molar-refractivity contribution in [3.63, 3.8) is 0 Å². The van der Waals surface area contributed by atoms with E-state index in [2.05, 4.69) is 39.7 Å². The number of rotatable bonds is 4. The maximum absolute atomic E-state index is 3.95. The molecule has 5 atom stereocenters. The second-order valence-electron chi connectivity index (χ2n) is 7.58. The summed E-state index contributed by atoms with van der Waals surface area (Å²) < 4.78 is 0. The van der Waals surface area contributed by atoms with E-state index in [0.29, 0.717) is 0 Å². The zero-order chi connectivity index (χ0) is 16.8. The molecule has 4 aliphatic carbocycles. The zero-order valence-electron chi connectivity index (χ0n) is 16.8. The fraction of sp³-hybridized carbons (Fsp3) is 0.682. The third-order valence-electron chi connectivity index (χ3n) is 6.02. The molecule has 5 unspecified atom stereocenters. The van der Waals surface area contributed by atoms with Crippen LogP contribution in [0.2, 0.25) is 0 Å². The minimum absolute atomic E-state index is 0.